The number of alkyl halides is 3. The van der Waals surface area contributed by atoms with Crippen molar-refractivity contribution < 1.29 is 23.1 Å². The second-order valence-electron chi connectivity index (χ2n) is 6.33. The molecule has 2 atom stereocenters. The number of hydrogen-bond donors (Lipinski definition) is 1. The van der Waals surface area contributed by atoms with Crippen molar-refractivity contribution in [2.45, 2.75) is 38.6 Å². The van der Waals surface area contributed by atoms with Crippen LogP contribution in [0.25, 0.3) is 0 Å². The predicted octanol–water partition coefficient (Wildman–Crippen LogP) is 4.68. The highest BCUT2D eigenvalue weighted by atomic mass is 19.4. The lowest BCUT2D eigenvalue weighted by atomic mass is 9.94. The van der Waals surface area contributed by atoms with Crippen LogP contribution in [0.15, 0.2) is 54.6 Å². The van der Waals surface area contributed by atoms with Crippen molar-refractivity contribution in [1.82, 2.24) is 4.90 Å². The first-order valence-corrected chi connectivity index (χ1v) is 8.35. The van der Waals surface area contributed by atoms with Crippen molar-refractivity contribution in [3.05, 3.63) is 71.3 Å². The Bertz CT molecular complexity index is 740. The number of hydrogen-bond acceptors (Lipinski definition) is 2. The van der Waals surface area contributed by atoms with Crippen LogP contribution in [0.3, 0.4) is 0 Å². The minimum absolute atomic E-state index is 0.174. The lowest BCUT2D eigenvalue weighted by Gasteiger charge is -2.29. The number of benzene rings is 2. The Morgan fingerprint density at radius 2 is 1.62 bits per heavy atom. The van der Waals surface area contributed by atoms with E-state index in [-0.39, 0.29) is 23.1 Å². The fourth-order valence-electron chi connectivity index (χ4n) is 2.77. The van der Waals surface area contributed by atoms with Crippen LogP contribution in [0.4, 0.5) is 13.2 Å². The molecule has 1 amide bonds. The maximum absolute atomic E-state index is 12.9. The monoisotopic (exact) mass is 365 g/mol. The van der Waals surface area contributed by atoms with Gasteiger partial charge in [-0.15, -0.1) is 0 Å². The molecule has 2 rings (SSSR count). The van der Waals surface area contributed by atoms with Crippen LogP contribution in [0.1, 0.15) is 48.3 Å². The number of rotatable bonds is 5. The zero-order valence-electron chi connectivity index (χ0n) is 14.9. The molecule has 0 fully saturated rings. The topological polar surface area (TPSA) is 40.5 Å². The average Bonchev–Trinajstić information content (AvgIpc) is 2.62. The van der Waals surface area contributed by atoms with Gasteiger partial charge in [0.2, 0.25) is 0 Å². The van der Waals surface area contributed by atoms with Crippen molar-refractivity contribution in [1.29, 1.82) is 0 Å². The molecule has 0 radical (unpaired) electrons. The predicted molar refractivity (Wildman–Crippen MR) is 93.6 cm³/mol. The standard InChI is InChI=1S/C20H22F3NO2/c1-4-24(14(2)15-8-6-5-7-9-15)18(25)16-10-12-17(13-11-16)19(3,26)20(21,22)23/h5-14,26H,4H2,1-3H3/t14-,19-/m0/s1. The lowest BCUT2D eigenvalue weighted by molar-refractivity contribution is -0.258. The third kappa shape index (κ3) is 3.90. The number of amides is 1. The van der Waals surface area contributed by atoms with Crippen molar-refractivity contribution in [3.8, 4) is 0 Å². The van der Waals surface area contributed by atoms with Gasteiger partial charge in [0.1, 0.15) is 0 Å². The SMILES string of the molecule is CCN(C(=O)c1ccc([C@](C)(O)C(F)(F)F)cc1)[C@@H](C)c1ccccc1. The average molecular weight is 365 g/mol. The van der Waals surface area contributed by atoms with Crippen LogP contribution in [-0.2, 0) is 5.60 Å². The van der Waals surface area contributed by atoms with Gasteiger partial charge in [0.25, 0.3) is 5.91 Å². The Morgan fingerprint density at radius 3 is 2.08 bits per heavy atom. The van der Waals surface area contributed by atoms with Gasteiger partial charge in [-0.3, -0.25) is 4.79 Å². The van der Waals surface area contributed by atoms with Gasteiger partial charge in [-0.05, 0) is 44.0 Å². The minimum atomic E-state index is -4.80. The fraction of sp³-hybridized carbons (Fsp3) is 0.350. The summed E-state index contributed by atoms with van der Waals surface area (Å²) in [5.74, 6) is -0.276. The van der Waals surface area contributed by atoms with E-state index < -0.39 is 11.8 Å². The second-order valence-corrected chi connectivity index (χ2v) is 6.33. The number of halogens is 3. The fourth-order valence-corrected chi connectivity index (χ4v) is 2.77. The second kappa shape index (κ2) is 7.50. The highest BCUT2D eigenvalue weighted by molar-refractivity contribution is 5.94. The van der Waals surface area contributed by atoms with Crippen molar-refractivity contribution >= 4 is 5.91 Å². The number of carbonyl (C=O) groups excluding carboxylic acids is 1. The largest absolute Gasteiger partial charge is 0.421 e. The van der Waals surface area contributed by atoms with Crippen molar-refractivity contribution in [2.24, 2.45) is 0 Å². The molecule has 0 bridgehead atoms. The molecule has 140 valence electrons. The van der Waals surface area contributed by atoms with Gasteiger partial charge in [-0.2, -0.15) is 13.2 Å². The Labute approximate surface area is 151 Å². The molecule has 0 aliphatic heterocycles. The summed E-state index contributed by atoms with van der Waals surface area (Å²) in [6.07, 6.45) is -4.80. The van der Waals surface area contributed by atoms with Gasteiger partial charge in [0, 0.05) is 12.1 Å². The first-order valence-electron chi connectivity index (χ1n) is 8.35. The molecule has 3 nitrogen and oxygen atoms in total. The molecule has 0 unspecified atom stereocenters. The molecule has 6 heteroatoms. The van der Waals surface area contributed by atoms with Gasteiger partial charge in [0.05, 0.1) is 6.04 Å². The lowest BCUT2D eigenvalue weighted by Crippen LogP contribution is -2.39. The van der Waals surface area contributed by atoms with E-state index in [1.165, 1.54) is 12.1 Å². The molecule has 1 N–H and O–H groups in total. The van der Waals surface area contributed by atoms with E-state index >= 15 is 0 Å². The van der Waals surface area contributed by atoms with Gasteiger partial charge < -0.3 is 10.0 Å². The number of carbonyl (C=O) groups is 1. The molecule has 0 saturated heterocycles. The van der Waals surface area contributed by atoms with Crippen LogP contribution >= 0.6 is 0 Å². The van der Waals surface area contributed by atoms with Crippen LogP contribution < -0.4 is 0 Å². The van der Waals surface area contributed by atoms with Crippen LogP contribution in [0.2, 0.25) is 0 Å². The minimum Gasteiger partial charge on any atom is -0.376 e. The molecule has 0 aliphatic rings. The molecule has 26 heavy (non-hydrogen) atoms. The highest BCUT2D eigenvalue weighted by Gasteiger charge is 2.51. The zero-order chi connectivity index (χ0) is 19.5. The number of aliphatic hydroxyl groups is 1. The van der Waals surface area contributed by atoms with E-state index in [2.05, 4.69) is 0 Å². The molecule has 2 aromatic carbocycles. The smallest absolute Gasteiger partial charge is 0.376 e. The van der Waals surface area contributed by atoms with E-state index in [1.54, 1.807) is 4.90 Å². The van der Waals surface area contributed by atoms with Gasteiger partial charge in [0.15, 0.2) is 5.60 Å². The Morgan fingerprint density at radius 1 is 1.08 bits per heavy atom. The molecule has 2 aromatic rings. The quantitative estimate of drug-likeness (QED) is 0.836. The van der Waals surface area contributed by atoms with E-state index in [1.807, 2.05) is 44.2 Å². The molecular weight excluding hydrogens is 343 g/mol. The van der Waals surface area contributed by atoms with Crippen LogP contribution in [0.5, 0.6) is 0 Å². The highest BCUT2D eigenvalue weighted by Crippen LogP contribution is 2.38. The molecule has 0 aliphatic carbocycles. The maximum atomic E-state index is 12.9. The summed E-state index contributed by atoms with van der Waals surface area (Å²) in [4.78, 5) is 14.4. The third-order valence-electron chi connectivity index (χ3n) is 4.60. The van der Waals surface area contributed by atoms with E-state index in [9.17, 15) is 23.1 Å². The molecule has 0 aromatic heterocycles. The first kappa shape index (κ1) is 20.0. The van der Waals surface area contributed by atoms with Crippen LogP contribution in [0, 0.1) is 0 Å². The van der Waals surface area contributed by atoms with E-state index in [4.69, 9.17) is 0 Å². The maximum Gasteiger partial charge on any atom is 0.421 e. The summed E-state index contributed by atoms with van der Waals surface area (Å²) in [6.45, 7) is 4.90. The van der Waals surface area contributed by atoms with E-state index in [0.29, 0.717) is 13.5 Å². The zero-order valence-corrected chi connectivity index (χ0v) is 14.9. The van der Waals surface area contributed by atoms with Crippen LogP contribution in [-0.4, -0.2) is 28.6 Å². The number of nitrogens with zero attached hydrogens (tertiary/aromatic N) is 1. The molecule has 0 heterocycles. The Balaban J connectivity index is 2.26. The summed E-state index contributed by atoms with van der Waals surface area (Å²) in [5, 5.41) is 9.72. The summed E-state index contributed by atoms with van der Waals surface area (Å²) in [5.41, 5.74) is -2.02. The van der Waals surface area contributed by atoms with E-state index in [0.717, 1.165) is 17.7 Å². The Kier molecular flexibility index (Phi) is 5.76. The summed E-state index contributed by atoms with van der Waals surface area (Å²) < 4.78 is 38.8. The molecule has 0 spiro atoms. The first-order chi connectivity index (χ1) is 12.1. The Hall–Kier alpha value is -2.34. The summed E-state index contributed by atoms with van der Waals surface area (Å²) >= 11 is 0. The van der Waals surface area contributed by atoms with Gasteiger partial charge in [-0.25, -0.2) is 0 Å². The molecule has 0 saturated carbocycles. The third-order valence-corrected chi connectivity index (χ3v) is 4.60. The van der Waals surface area contributed by atoms with Gasteiger partial charge >= 0.3 is 6.18 Å². The normalized spacial score (nSPS) is 15.2. The summed E-state index contributed by atoms with van der Waals surface area (Å²) in [6, 6.07) is 14.2. The van der Waals surface area contributed by atoms with Crippen molar-refractivity contribution in [3.63, 3.8) is 0 Å². The summed E-state index contributed by atoms with van der Waals surface area (Å²) in [7, 11) is 0. The van der Waals surface area contributed by atoms with Gasteiger partial charge in [-0.1, -0.05) is 42.5 Å². The van der Waals surface area contributed by atoms with Crippen molar-refractivity contribution in [2.75, 3.05) is 6.54 Å². The molecular formula is C20H22F3NO2.